The molecule has 4 nitrogen and oxygen atoms in total. The van der Waals surface area contributed by atoms with Crippen LogP contribution in [0.5, 0.6) is 0 Å². The Balaban J connectivity index is 2.21. The zero-order chi connectivity index (χ0) is 15.5. The summed E-state index contributed by atoms with van der Waals surface area (Å²) >= 11 is 3.41. The molecular weight excluding hydrogens is 330 g/mol. The number of rotatable bonds is 3. The fraction of sp³-hybridized carbons (Fsp3) is 0.625. The van der Waals surface area contributed by atoms with E-state index in [2.05, 4.69) is 40.1 Å². The molecule has 1 aromatic heterocycles. The lowest BCUT2D eigenvalue weighted by molar-refractivity contribution is 0.0758. The molecular formula is C16H24BrN3O. The van der Waals surface area contributed by atoms with Gasteiger partial charge in [0.25, 0.3) is 5.91 Å². The van der Waals surface area contributed by atoms with Crippen molar-refractivity contribution in [1.82, 2.24) is 9.88 Å². The minimum absolute atomic E-state index is 0.0810. The predicted octanol–water partition coefficient (Wildman–Crippen LogP) is 3.93. The molecule has 0 spiro atoms. The van der Waals surface area contributed by atoms with Gasteiger partial charge >= 0.3 is 0 Å². The molecule has 0 aliphatic carbocycles. The molecule has 1 aromatic rings. The molecule has 5 heteroatoms. The van der Waals surface area contributed by atoms with Crippen LogP contribution in [-0.2, 0) is 0 Å². The lowest BCUT2D eigenvalue weighted by atomic mass is 9.85. The largest absolute Gasteiger partial charge is 0.370 e. The molecule has 1 saturated heterocycles. The summed E-state index contributed by atoms with van der Waals surface area (Å²) in [5.41, 5.74) is 0.987. The van der Waals surface area contributed by atoms with Crippen molar-refractivity contribution in [3.63, 3.8) is 0 Å². The Morgan fingerprint density at radius 2 is 2.19 bits per heavy atom. The fourth-order valence-corrected chi connectivity index (χ4v) is 3.04. The molecule has 1 amide bonds. The molecule has 1 N–H and O–H groups in total. The summed E-state index contributed by atoms with van der Waals surface area (Å²) in [5, 5.41) is 3.18. The zero-order valence-electron chi connectivity index (χ0n) is 13.1. The van der Waals surface area contributed by atoms with Crippen molar-refractivity contribution in [2.45, 2.75) is 40.0 Å². The molecule has 0 bridgehead atoms. The number of nitrogens with one attached hydrogen (secondary N) is 1. The highest BCUT2D eigenvalue weighted by atomic mass is 79.9. The molecule has 2 rings (SSSR count). The lowest BCUT2D eigenvalue weighted by Crippen LogP contribution is -2.33. The number of carbonyl (C=O) groups excluding carboxylic acids is 1. The molecule has 1 aliphatic rings. The average molecular weight is 354 g/mol. The monoisotopic (exact) mass is 353 g/mol. The van der Waals surface area contributed by atoms with Crippen molar-refractivity contribution in [3.8, 4) is 0 Å². The summed E-state index contributed by atoms with van der Waals surface area (Å²) in [7, 11) is 0. The molecule has 0 atom stereocenters. The second-order valence-electron chi connectivity index (χ2n) is 6.39. The van der Waals surface area contributed by atoms with Gasteiger partial charge in [0, 0.05) is 30.3 Å². The smallest absolute Gasteiger partial charge is 0.257 e. The van der Waals surface area contributed by atoms with Crippen LogP contribution < -0.4 is 5.32 Å². The topological polar surface area (TPSA) is 45.2 Å². The number of amides is 1. The van der Waals surface area contributed by atoms with E-state index in [-0.39, 0.29) is 5.91 Å². The van der Waals surface area contributed by atoms with Crippen molar-refractivity contribution in [1.29, 1.82) is 0 Å². The van der Waals surface area contributed by atoms with Gasteiger partial charge in [-0.15, -0.1) is 0 Å². The SMILES string of the molecule is CCNc1ncc(Br)cc1C(=O)N1CCCC(C)(C)CC1. The first-order valence-corrected chi connectivity index (χ1v) is 8.41. The van der Waals surface area contributed by atoms with E-state index >= 15 is 0 Å². The Labute approximate surface area is 135 Å². The highest BCUT2D eigenvalue weighted by molar-refractivity contribution is 9.10. The van der Waals surface area contributed by atoms with Crippen molar-refractivity contribution in [2.75, 3.05) is 25.0 Å². The van der Waals surface area contributed by atoms with Crippen LogP contribution in [0.3, 0.4) is 0 Å². The summed E-state index contributed by atoms with van der Waals surface area (Å²) in [6.45, 7) is 8.98. The number of likely N-dealkylation sites (tertiary alicyclic amines) is 1. The zero-order valence-corrected chi connectivity index (χ0v) is 14.7. The van der Waals surface area contributed by atoms with Gasteiger partial charge in [0.15, 0.2) is 0 Å². The summed E-state index contributed by atoms with van der Waals surface area (Å²) in [6, 6.07) is 1.86. The van der Waals surface area contributed by atoms with Crippen LogP contribution in [0.15, 0.2) is 16.7 Å². The fourth-order valence-electron chi connectivity index (χ4n) is 2.71. The Bertz CT molecular complexity index is 516. The van der Waals surface area contributed by atoms with Gasteiger partial charge in [0.1, 0.15) is 5.82 Å². The van der Waals surface area contributed by atoms with Crippen LogP contribution in [0, 0.1) is 5.41 Å². The second-order valence-corrected chi connectivity index (χ2v) is 7.31. The first kappa shape index (κ1) is 16.3. The molecule has 1 fully saturated rings. The minimum atomic E-state index is 0.0810. The van der Waals surface area contributed by atoms with Gasteiger partial charge in [-0.1, -0.05) is 13.8 Å². The van der Waals surface area contributed by atoms with Crippen LogP contribution >= 0.6 is 15.9 Å². The van der Waals surface area contributed by atoms with Crippen molar-refractivity contribution >= 4 is 27.7 Å². The predicted molar refractivity (Wildman–Crippen MR) is 89.6 cm³/mol. The van der Waals surface area contributed by atoms with E-state index in [4.69, 9.17) is 0 Å². The first-order chi connectivity index (χ1) is 9.93. The summed E-state index contributed by atoms with van der Waals surface area (Å²) in [6.07, 6.45) is 5.02. The maximum Gasteiger partial charge on any atom is 0.257 e. The van der Waals surface area contributed by atoms with Gasteiger partial charge in [-0.25, -0.2) is 4.98 Å². The molecule has 0 unspecified atom stereocenters. The lowest BCUT2D eigenvalue weighted by Gasteiger charge is -2.24. The molecule has 21 heavy (non-hydrogen) atoms. The summed E-state index contributed by atoms with van der Waals surface area (Å²) < 4.78 is 0.836. The number of hydrogen-bond donors (Lipinski definition) is 1. The molecule has 2 heterocycles. The molecule has 116 valence electrons. The molecule has 1 aliphatic heterocycles. The van der Waals surface area contributed by atoms with Crippen molar-refractivity contribution in [2.24, 2.45) is 5.41 Å². The average Bonchev–Trinajstić information content (AvgIpc) is 2.61. The number of anilines is 1. The van der Waals surface area contributed by atoms with Crippen LogP contribution in [0.4, 0.5) is 5.82 Å². The van der Waals surface area contributed by atoms with E-state index in [9.17, 15) is 4.79 Å². The molecule has 0 aromatic carbocycles. The van der Waals surface area contributed by atoms with Gasteiger partial charge in [0.2, 0.25) is 0 Å². The normalized spacial score (nSPS) is 18.2. The van der Waals surface area contributed by atoms with Gasteiger partial charge in [0.05, 0.1) is 5.56 Å². The van der Waals surface area contributed by atoms with Crippen LogP contribution in [0.25, 0.3) is 0 Å². The van der Waals surface area contributed by atoms with Gasteiger partial charge in [-0.3, -0.25) is 4.79 Å². The van der Waals surface area contributed by atoms with Gasteiger partial charge in [-0.05, 0) is 53.6 Å². The van der Waals surface area contributed by atoms with E-state index < -0.39 is 0 Å². The first-order valence-electron chi connectivity index (χ1n) is 7.61. The maximum atomic E-state index is 12.8. The molecule has 0 radical (unpaired) electrons. The van der Waals surface area contributed by atoms with Crippen LogP contribution in [-0.4, -0.2) is 35.4 Å². The van der Waals surface area contributed by atoms with Crippen LogP contribution in [0.2, 0.25) is 0 Å². The number of hydrogen-bond acceptors (Lipinski definition) is 3. The second kappa shape index (κ2) is 6.77. The van der Waals surface area contributed by atoms with E-state index in [1.807, 2.05) is 17.9 Å². The highest BCUT2D eigenvalue weighted by Crippen LogP contribution is 2.31. The number of halogens is 1. The summed E-state index contributed by atoms with van der Waals surface area (Å²) in [5.74, 6) is 0.756. The minimum Gasteiger partial charge on any atom is -0.370 e. The maximum absolute atomic E-state index is 12.8. The van der Waals surface area contributed by atoms with Gasteiger partial charge < -0.3 is 10.2 Å². The van der Waals surface area contributed by atoms with E-state index in [0.29, 0.717) is 16.8 Å². The third kappa shape index (κ3) is 4.19. The Hall–Kier alpha value is -1.10. The van der Waals surface area contributed by atoms with E-state index in [0.717, 1.165) is 36.9 Å². The molecule has 0 saturated carbocycles. The number of carbonyl (C=O) groups is 1. The third-order valence-electron chi connectivity index (χ3n) is 4.06. The Kier molecular flexibility index (Phi) is 5.25. The Morgan fingerprint density at radius 1 is 1.43 bits per heavy atom. The number of nitrogens with zero attached hydrogens (tertiary/aromatic N) is 2. The quantitative estimate of drug-likeness (QED) is 0.895. The third-order valence-corrected chi connectivity index (χ3v) is 4.49. The van der Waals surface area contributed by atoms with Crippen LogP contribution in [0.1, 0.15) is 50.4 Å². The highest BCUT2D eigenvalue weighted by Gasteiger charge is 2.27. The number of aromatic nitrogens is 1. The van der Waals surface area contributed by atoms with Crippen molar-refractivity contribution in [3.05, 3.63) is 22.3 Å². The van der Waals surface area contributed by atoms with Gasteiger partial charge in [-0.2, -0.15) is 0 Å². The summed E-state index contributed by atoms with van der Waals surface area (Å²) in [4.78, 5) is 19.1. The van der Waals surface area contributed by atoms with E-state index in [1.165, 1.54) is 6.42 Å². The Morgan fingerprint density at radius 3 is 2.90 bits per heavy atom. The standard InChI is InChI=1S/C16H24BrN3O/c1-4-18-14-13(10-12(17)11-19-14)15(21)20-8-5-6-16(2,3)7-9-20/h10-11H,4-9H2,1-3H3,(H,18,19). The van der Waals surface area contributed by atoms with Crippen molar-refractivity contribution < 1.29 is 4.79 Å². The van der Waals surface area contributed by atoms with E-state index in [1.54, 1.807) is 6.20 Å². The number of pyridine rings is 1.